The van der Waals surface area contributed by atoms with Crippen molar-refractivity contribution >= 4 is 17.3 Å². The number of nitrogens with one attached hydrogen (secondary N) is 2. The lowest BCUT2D eigenvalue weighted by molar-refractivity contribution is 0.518. The minimum atomic E-state index is 0.870. The second kappa shape index (κ2) is 6.11. The molecule has 2 aromatic rings. The summed E-state index contributed by atoms with van der Waals surface area (Å²) in [6.45, 7) is 3.93. The van der Waals surface area contributed by atoms with E-state index in [9.17, 15) is 0 Å². The largest absolute Gasteiger partial charge is 0.369 e. The fourth-order valence-corrected chi connectivity index (χ4v) is 3.01. The molecule has 0 aromatic carbocycles. The third-order valence-electron chi connectivity index (χ3n) is 4.05. The van der Waals surface area contributed by atoms with Gasteiger partial charge in [-0.3, -0.25) is 0 Å². The molecule has 3 rings (SSSR count). The van der Waals surface area contributed by atoms with Crippen LogP contribution in [0.5, 0.6) is 0 Å². The number of rotatable bonds is 6. The van der Waals surface area contributed by atoms with Crippen molar-refractivity contribution in [2.24, 2.45) is 5.92 Å². The molecule has 0 aliphatic heterocycles. The van der Waals surface area contributed by atoms with Crippen LogP contribution in [0.1, 0.15) is 39.0 Å². The van der Waals surface area contributed by atoms with E-state index in [2.05, 4.69) is 27.5 Å². The molecule has 2 heterocycles. The molecule has 0 spiro atoms. The molecule has 1 fully saturated rings. The van der Waals surface area contributed by atoms with Crippen LogP contribution in [0.15, 0.2) is 18.6 Å². The highest BCUT2D eigenvalue weighted by atomic mass is 15.1. The van der Waals surface area contributed by atoms with Gasteiger partial charge in [-0.1, -0.05) is 25.7 Å². The third kappa shape index (κ3) is 2.86. The summed E-state index contributed by atoms with van der Waals surface area (Å²) in [6.07, 6.45) is 12.6. The number of anilines is 2. The van der Waals surface area contributed by atoms with Gasteiger partial charge < -0.3 is 15.0 Å². The van der Waals surface area contributed by atoms with Crippen LogP contribution < -0.4 is 10.6 Å². The van der Waals surface area contributed by atoms with Crippen molar-refractivity contribution in [3.05, 3.63) is 18.6 Å². The number of nitrogens with zero attached hydrogens (tertiary/aromatic N) is 3. The topological polar surface area (TPSA) is 54.2 Å². The van der Waals surface area contributed by atoms with E-state index in [0.717, 1.165) is 36.3 Å². The quantitative estimate of drug-likeness (QED) is 0.849. The summed E-state index contributed by atoms with van der Waals surface area (Å²) < 4.78 is 2.02. The number of hydrogen-bond donors (Lipinski definition) is 2. The molecular weight excluding hydrogens is 250 g/mol. The highest BCUT2D eigenvalue weighted by molar-refractivity contribution is 5.65. The lowest BCUT2D eigenvalue weighted by Crippen LogP contribution is -2.11. The lowest BCUT2D eigenvalue weighted by atomic mass is 10.0. The van der Waals surface area contributed by atoms with Gasteiger partial charge in [0, 0.05) is 25.5 Å². The average Bonchev–Trinajstić information content (AvgIpc) is 3.09. The SMILES string of the molecule is CCNc1cn2ccnc2c(NCCC2CCCC2)n1. The van der Waals surface area contributed by atoms with Gasteiger partial charge in [0.15, 0.2) is 11.5 Å². The van der Waals surface area contributed by atoms with E-state index in [1.165, 1.54) is 32.1 Å². The highest BCUT2D eigenvalue weighted by Crippen LogP contribution is 2.27. The van der Waals surface area contributed by atoms with Crippen LogP contribution in [-0.2, 0) is 0 Å². The number of imidazole rings is 1. The Labute approximate surface area is 119 Å². The Hall–Kier alpha value is -1.78. The standard InChI is InChI=1S/C15H23N5/c1-2-16-13-11-20-10-9-18-15(20)14(19-13)17-8-7-12-5-3-4-6-12/h9-12,16H,2-8H2,1H3,(H,17,19). The van der Waals surface area contributed by atoms with Gasteiger partial charge >= 0.3 is 0 Å². The normalized spacial score (nSPS) is 15.8. The van der Waals surface area contributed by atoms with Crippen LogP contribution in [0.2, 0.25) is 0 Å². The molecule has 0 atom stereocenters. The lowest BCUT2D eigenvalue weighted by Gasteiger charge is -2.12. The number of hydrogen-bond acceptors (Lipinski definition) is 4. The second-order valence-electron chi connectivity index (χ2n) is 5.53. The summed E-state index contributed by atoms with van der Waals surface area (Å²) in [4.78, 5) is 9.00. The summed E-state index contributed by atoms with van der Waals surface area (Å²) in [7, 11) is 0. The molecule has 0 amide bonds. The zero-order valence-corrected chi connectivity index (χ0v) is 12.1. The van der Waals surface area contributed by atoms with Crippen LogP contribution in [0, 0.1) is 5.92 Å². The van der Waals surface area contributed by atoms with Crippen molar-refractivity contribution in [1.82, 2.24) is 14.4 Å². The van der Waals surface area contributed by atoms with Crippen LogP contribution in [0.25, 0.3) is 5.65 Å². The van der Waals surface area contributed by atoms with Gasteiger partial charge in [-0.15, -0.1) is 0 Å². The summed E-state index contributed by atoms with van der Waals surface area (Å²) >= 11 is 0. The molecule has 108 valence electrons. The van der Waals surface area contributed by atoms with Gasteiger partial charge in [0.05, 0.1) is 6.20 Å². The predicted octanol–water partition coefficient (Wildman–Crippen LogP) is 3.15. The monoisotopic (exact) mass is 273 g/mol. The van der Waals surface area contributed by atoms with Gasteiger partial charge in [0.1, 0.15) is 5.82 Å². The van der Waals surface area contributed by atoms with E-state index in [4.69, 9.17) is 0 Å². The van der Waals surface area contributed by atoms with Gasteiger partial charge in [-0.25, -0.2) is 9.97 Å². The van der Waals surface area contributed by atoms with E-state index in [-0.39, 0.29) is 0 Å². The highest BCUT2D eigenvalue weighted by Gasteiger charge is 2.14. The van der Waals surface area contributed by atoms with Crippen molar-refractivity contribution in [3.63, 3.8) is 0 Å². The van der Waals surface area contributed by atoms with E-state index in [0.29, 0.717) is 0 Å². The fraction of sp³-hybridized carbons (Fsp3) is 0.600. The summed E-state index contributed by atoms with van der Waals surface area (Å²) in [5.74, 6) is 2.67. The van der Waals surface area contributed by atoms with Crippen molar-refractivity contribution in [2.75, 3.05) is 23.7 Å². The second-order valence-corrected chi connectivity index (χ2v) is 5.53. The smallest absolute Gasteiger partial charge is 0.180 e. The van der Waals surface area contributed by atoms with E-state index in [1.807, 2.05) is 23.0 Å². The zero-order chi connectivity index (χ0) is 13.8. The molecule has 5 heteroatoms. The first-order valence-corrected chi connectivity index (χ1v) is 7.68. The zero-order valence-electron chi connectivity index (χ0n) is 12.1. The van der Waals surface area contributed by atoms with Gasteiger partial charge in [0.25, 0.3) is 0 Å². The third-order valence-corrected chi connectivity index (χ3v) is 4.05. The first-order chi connectivity index (χ1) is 9.86. The Bertz CT molecular complexity index is 556. The Morgan fingerprint density at radius 1 is 1.30 bits per heavy atom. The summed E-state index contributed by atoms with van der Waals surface area (Å²) in [5.41, 5.74) is 0.901. The molecule has 2 N–H and O–H groups in total. The van der Waals surface area contributed by atoms with E-state index >= 15 is 0 Å². The van der Waals surface area contributed by atoms with Gasteiger partial charge in [-0.2, -0.15) is 0 Å². The molecule has 1 aliphatic rings. The Morgan fingerprint density at radius 2 is 2.15 bits per heavy atom. The molecule has 1 aliphatic carbocycles. The minimum Gasteiger partial charge on any atom is -0.369 e. The first kappa shape index (κ1) is 13.2. The van der Waals surface area contributed by atoms with Crippen LogP contribution >= 0.6 is 0 Å². The molecule has 0 bridgehead atoms. The van der Waals surface area contributed by atoms with Crippen LogP contribution in [0.3, 0.4) is 0 Å². The van der Waals surface area contributed by atoms with Crippen molar-refractivity contribution in [2.45, 2.75) is 39.0 Å². The number of fused-ring (bicyclic) bond motifs is 1. The number of aromatic nitrogens is 3. The maximum atomic E-state index is 4.62. The maximum absolute atomic E-state index is 4.62. The van der Waals surface area contributed by atoms with E-state index < -0.39 is 0 Å². The summed E-state index contributed by atoms with van der Waals surface area (Å²) in [5, 5.41) is 6.73. The van der Waals surface area contributed by atoms with Gasteiger partial charge in [0.2, 0.25) is 0 Å². The molecule has 0 unspecified atom stereocenters. The van der Waals surface area contributed by atoms with Crippen LogP contribution in [0.4, 0.5) is 11.6 Å². The van der Waals surface area contributed by atoms with E-state index in [1.54, 1.807) is 0 Å². The Balaban J connectivity index is 1.69. The van der Waals surface area contributed by atoms with Gasteiger partial charge in [-0.05, 0) is 19.3 Å². The minimum absolute atomic E-state index is 0.870. The maximum Gasteiger partial charge on any atom is 0.180 e. The fourth-order valence-electron chi connectivity index (χ4n) is 3.01. The predicted molar refractivity (Wildman–Crippen MR) is 82.2 cm³/mol. The molecule has 5 nitrogen and oxygen atoms in total. The average molecular weight is 273 g/mol. The molecular formula is C15H23N5. The van der Waals surface area contributed by atoms with Crippen LogP contribution in [-0.4, -0.2) is 27.5 Å². The van der Waals surface area contributed by atoms with Crippen molar-refractivity contribution < 1.29 is 0 Å². The first-order valence-electron chi connectivity index (χ1n) is 7.68. The molecule has 0 saturated heterocycles. The summed E-state index contributed by atoms with van der Waals surface area (Å²) in [6, 6.07) is 0. The Kier molecular flexibility index (Phi) is 4.04. The molecule has 1 saturated carbocycles. The van der Waals surface area contributed by atoms with Crippen molar-refractivity contribution in [3.8, 4) is 0 Å². The molecule has 2 aromatic heterocycles. The molecule has 0 radical (unpaired) electrons. The Morgan fingerprint density at radius 3 is 2.95 bits per heavy atom. The molecule has 20 heavy (non-hydrogen) atoms. The van der Waals surface area contributed by atoms with Crippen molar-refractivity contribution in [1.29, 1.82) is 0 Å².